The first kappa shape index (κ1) is 19.9. The van der Waals surface area contributed by atoms with Crippen LogP contribution in [-0.2, 0) is 6.18 Å². The van der Waals surface area contributed by atoms with Crippen LogP contribution < -0.4 is 4.90 Å². The lowest BCUT2D eigenvalue weighted by atomic mass is 10.1. The number of piperazine rings is 1. The molecule has 4 rings (SSSR count). The fourth-order valence-corrected chi connectivity index (χ4v) is 3.38. The lowest BCUT2D eigenvalue weighted by molar-refractivity contribution is -0.137. The standard InChI is InChI=1S/C19H20F3N7O/c1-11-15(25-16(23-11)13-4-3-5-14(10-13)19(20,21)22)17(30)28-6-8-29(9-7-28)18-24-12(2)26-27-18/h3-5,10H,6-9H2,1-2H3,(H,23,25)(H,24,26,27). The van der Waals surface area contributed by atoms with Crippen molar-refractivity contribution in [2.45, 2.75) is 20.0 Å². The highest BCUT2D eigenvalue weighted by Crippen LogP contribution is 2.31. The molecule has 0 bridgehead atoms. The average molecular weight is 419 g/mol. The van der Waals surface area contributed by atoms with Gasteiger partial charge in [-0.3, -0.25) is 9.89 Å². The van der Waals surface area contributed by atoms with Gasteiger partial charge >= 0.3 is 6.18 Å². The van der Waals surface area contributed by atoms with Crippen molar-refractivity contribution < 1.29 is 18.0 Å². The summed E-state index contributed by atoms with van der Waals surface area (Å²) >= 11 is 0. The number of carbonyl (C=O) groups is 1. The number of nitrogens with zero attached hydrogens (tertiary/aromatic N) is 5. The minimum atomic E-state index is -4.45. The molecule has 1 aliphatic heterocycles. The highest BCUT2D eigenvalue weighted by Gasteiger charge is 2.31. The quantitative estimate of drug-likeness (QED) is 0.681. The molecule has 0 spiro atoms. The summed E-state index contributed by atoms with van der Waals surface area (Å²) in [6.07, 6.45) is -4.45. The van der Waals surface area contributed by atoms with E-state index in [4.69, 9.17) is 0 Å². The molecule has 1 aromatic carbocycles. The van der Waals surface area contributed by atoms with Crippen LogP contribution in [0.5, 0.6) is 0 Å². The van der Waals surface area contributed by atoms with E-state index in [0.717, 1.165) is 18.0 Å². The zero-order valence-corrected chi connectivity index (χ0v) is 16.4. The first-order chi connectivity index (χ1) is 14.2. The van der Waals surface area contributed by atoms with Gasteiger partial charge in [0, 0.05) is 37.4 Å². The Balaban J connectivity index is 1.49. The van der Waals surface area contributed by atoms with Gasteiger partial charge in [-0.05, 0) is 26.0 Å². The summed E-state index contributed by atoms with van der Waals surface area (Å²) in [6.45, 7) is 5.60. The average Bonchev–Trinajstić information content (AvgIpc) is 3.33. The van der Waals surface area contributed by atoms with Gasteiger partial charge in [0.25, 0.3) is 5.91 Å². The van der Waals surface area contributed by atoms with Crippen molar-refractivity contribution in [2.75, 3.05) is 31.1 Å². The van der Waals surface area contributed by atoms with E-state index in [0.29, 0.717) is 37.8 Å². The first-order valence-corrected chi connectivity index (χ1v) is 9.40. The van der Waals surface area contributed by atoms with Crippen molar-refractivity contribution >= 4 is 11.9 Å². The maximum absolute atomic E-state index is 13.0. The molecule has 2 N–H and O–H groups in total. The van der Waals surface area contributed by atoms with Crippen molar-refractivity contribution in [1.29, 1.82) is 0 Å². The van der Waals surface area contributed by atoms with Gasteiger partial charge in [-0.15, -0.1) is 5.10 Å². The molecule has 158 valence electrons. The maximum atomic E-state index is 13.0. The smallest absolute Gasteiger partial charge is 0.341 e. The Morgan fingerprint density at radius 2 is 1.83 bits per heavy atom. The van der Waals surface area contributed by atoms with Gasteiger partial charge in [-0.2, -0.15) is 18.2 Å². The van der Waals surface area contributed by atoms with Crippen molar-refractivity contribution in [3.05, 3.63) is 47.0 Å². The summed E-state index contributed by atoms with van der Waals surface area (Å²) in [5.74, 6) is 1.30. The van der Waals surface area contributed by atoms with Gasteiger partial charge in [0.15, 0.2) is 0 Å². The number of rotatable bonds is 3. The number of H-pyrrole nitrogens is 2. The van der Waals surface area contributed by atoms with Crippen LogP contribution in [0.4, 0.5) is 19.1 Å². The summed E-state index contributed by atoms with van der Waals surface area (Å²) in [6, 6.07) is 4.87. The number of hydrogen-bond donors (Lipinski definition) is 2. The summed E-state index contributed by atoms with van der Waals surface area (Å²) in [4.78, 5) is 28.1. The molecule has 1 amide bonds. The summed E-state index contributed by atoms with van der Waals surface area (Å²) in [5.41, 5.74) is 0.237. The number of benzene rings is 1. The minimum absolute atomic E-state index is 0.213. The van der Waals surface area contributed by atoms with E-state index < -0.39 is 11.7 Å². The molecule has 3 heterocycles. The zero-order chi connectivity index (χ0) is 21.5. The van der Waals surface area contributed by atoms with E-state index >= 15 is 0 Å². The molecule has 30 heavy (non-hydrogen) atoms. The number of hydrogen-bond acceptors (Lipinski definition) is 5. The number of imidazole rings is 1. The molecule has 2 aromatic heterocycles. The molecule has 3 aromatic rings. The van der Waals surface area contributed by atoms with Crippen LogP contribution in [0.2, 0.25) is 0 Å². The van der Waals surface area contributed by atoms with Gasteiger partial charge in [0.1, 0.15) is 17.3 Å². The molecule has 0 saturated carbocycles. The molecule has 0 unspecified atom stereocenters. The number of nitrogens with one attached hydrogen (secondary N) is 2. The normalized spacial score (nSPS) is 15.0. The van der Waals surface area contributed by atoms with Gasteiger partial charge in [0.2, 0.25) is 5.95 Å². The summed E-state index contributed by atoms with van der Waals surface area (Å²) in [7, 11) is 0. The highest BCUT2D eigenvalue weighted by atomic mass is 19.4. The van der Waals surface area contributed by atoms with E-state index in [1.807, 2.05) is 11.8 Å². The monoisotopic (exact) mass is 419 g/mol. The number of anilines is 1. The molecule has 0 radical (unpaired) electrons. The fourth-order valence-electron chi connectivity index (χ4n) is 3.38. The second kappa shape index (κ2) is 7.47. The third-order valence-corrected chi connectivity index (χ3v) is 4.99. The van der Waals surface area contributed by atoms with Crippen molar-refractivity contribution in [3.8, 4) is 11.4 Å². The molecule has 11 heteroatoms. The van der Waals surface area contributed by atoms with Crippen LogP contribution in [0.25, 0.3) is 11.4 Å². The second-order valence-electron chi connectivity index (χ2n) is 7.14. The Labute approximate surface area is 170 Å². The molecular formula is C19H20F3N7O. The largest absolute Gasteiger partial charge is 0.416 e. The molecule has 8 nitrogen and oxygen atoms in total. The number of carbonyl (C=O) groups excluding carboxylic acids is 1. The maximum Gasteiger partial charge on any atom is 0.416 e. The molecule has 1 aliphatic rings. The number of halogens is 3. The van der Waals surface area contributed by atoms with Crippen LogP contribution in [-0.4, -0.2) is 62.1 Å². The number of alkyl halides is 3. The van der Waals surface area contributed by atoms with Crippen LogP contribution in [0.1, 0.15) is 27.6 Å². The fraction of sp³-hybridized carbons (Fsp3) is 0.368. The molecular weight excluding hydrogens is 399 g/mol. The van der Waals surface area contributed by atoms with Crippen LogP contribution in [0.15, 0.2) is 24.3 Å². The summed E-state index contributed by atoms with van der Waals surface area (Å²) < 4.78 is 39.0. The minimum Gasteiger partial charge on any atom is -0.341 e. The highest BCUT2D eigenvalue weighted by molar-refractivity contribution is 5.94. The van der Waals surface area contributed by atoms with E-state index in [1.54, 1.807) is 11.8 Å². The van der Waals surface area contributed by atoms with Crippen molar-refractivity contribution in [1.82, 2.24) is 30.0 Å². The number of aromatic amines is 2. The predicted octanol–water partition coefficient (Wildman–Crippen LogP) is 2.79. The lowest BCUT2D eigenvalue weighted by Gasteiger charge is -2.33. The van der Waals surface area contributed by atoms with Crippen LogP contribution in [0.3, 0.4) is 0 Å². The van der Waals surface area contributed by atoms with Gasteiger partial charge in [-0.1, -0.05) is 12.1 Å². The number of aromatic nitrogens is 5. The van der Waals surface area contributed by atoms with E-state index in [9.17, 15) is 18.0 Å². The Hall–Kier alpha value is -3.37. The number of aryl methyl sites for hydroxylation is 2. The molecule has 1 fully saturated rings. The zero-order valence-electron chi connectivity index (χ0n) is 16.4. The third-order valence-electron chi connectivity index (χ3n) is 4.99. The van der Waals surface area contributed by atoms with Gasteiger partial charge in [-0.25, -0.2) is 4.98 Å². The Morgan fingerprint density at radius 1 is 1.10 bits per heavy atom. The van der Waals surface area contributed by atoms with E-state index in [-0.39, 0.29) is 23.0 Å². The Morgan fingerprint density at radius 3 is 2.47 bits per heavy atom. The van der Waals surface area contributed by atoms with E-state index in [1.165, 1.54) is 12.1 Å². The third kappa shape index (κ3) is 3.87. The van der Waals surface area contributed by atoms with Gasteiger partial charge < -0.3 is 14.8 Å². The van der Waals surface area contributed by atoms with E-state index in [2.05, 4.69) is 25.1 Å². The van der Waals surface area contributed by atoms with Crippen LogP contribution in [0, 0.1) is 13.8 Å². The molecule has 0 atom stereocenters. The summed E-state index contributed by atoms with van der Waals surface area (Å²) in [5, 5.41) is 6.93. The Bertz CT molecular complexity index is 1060. The van der Waals surface area contributed by atoms with Crippen molar-refractivity contribution in [2.24, 2.45) is 0 Å². The lowest BCUT2D eigenvalue weighted by Crippen LogP contribution is -2.49. The second-order valence-corrected chi connectivity index (χ2v) is 7.14. The Kier molecular flexibility index (Phi) is 4.96. The SMILES string of the molecule is Cc1nc(N2CCN(C(=O)c3nc(-c4cccc(C(F)(F)F)c4)[nH]c3C)CC2)n[nH]1. The van der Waals surface area contributed by atoms with Crippen molar-refractivity contribution in [3.63, 3.8) is 0 Å². The molecule has 0 aliphatic carbocycles. The topological polar surface area (TPSA) is 93.8 Å². The number of amides is 1. The van der Waals surface area contributed by atoms with Crippen LogP contribution >= 0.6 is 0 Å². The first-order valence-electron chi connectivity index (χ1n) is 9.40. The molecule has 1 saturated heterocycles. The predicted molar refractivity (Wildman–Crippen MR) is 103 cm³/mol. The van der Waals surface area contributed by atoms with Gasteiger partial charge in [0.05, 0.1) is 5.56 Å².